The molecule has 1 aliphatic heterocycles. The van der Waals surface area contributed by atoms with Gasteiger partial charge in [-0.1, -0.05) is 42.8 Å². The molecule has 2 aromatic carbocycles. The Kier molecular flexibility index (Phi) is 6.86. The highest BCUT2D eigenvalue weighted by Crippen LogP contribution is 2.30. The number of ketones is 1. The number of nitrogens with zero attached hydrogens (tertiary/aromatic N) is 2. The van der Waals surface area contributed by atoms with E-state index in [1.165, 1.54) is 18.2 Å². The first-order chi connectivity index (χ1) is 14.9. The molecule has 2 aromatic rings. The first-order valence-corrected chi connectivity index (χ1v) is 9.77. The van der Waals surface area contributed by atoms with Crippen LogP contribution >= 0.6 is 0 Å². The van der Waals surface area contributed by atoms with Crippen molar-refractivity contribution in [3.63, 3.8) is 0 Å². The predicted octanol–water partition coefficient (Wildman–Crippen LogP) is 3.18. The Labute approximate surface area is 177 Å². The number of nitro groups is 1. The van der Waals surface area contributed by atoms with Crippen LogP contribution in [-0.2, 0) is 9.53 Å². The van der Waals surface area contributed by atoms with Crippen molar-refractivity contribution in [1.82, 2.24) is 4.90 Å². The van der Waals surface area contributed by atoms with Crippen molar-refractivity contribution in [3.05, 3.63) is 75.3 Å². The molecule has 1 heterocycles. The molecule has 0 fully saturated rings. The fourth-order valence-electron chi connectivity index (χ4n) is 3.31. The number of rotatable bonds is 10. The van der Waals surface area contributed by atoms with Gasteiger partial charge in [0.25, 0.3) is 17.5 Å². The summed E-state index contributed by atoms with van der Waals surface area (Å²) in [4.78, 5) is 60.0. The number of amides is 2. The molecule has 0 spiro atoms. The molecule has 0 aliphatic carbocycles. The summed E-state index contributed by atoms with van der Waals surface area (Å²) < 4.78 is 4.98. The van der Waals surface area contributed by atoms with Crippen LogP contribution in [0.25, 0.3) is 0 Å². The maximum Gasteiger partial charge on any atom is 0.306 e. The Morgan fingerprint density at radius 1 is 0.935 bits per heavy atom. The minimum atomic E-state index is -0.679. The molecule has 0 saturated heterocycles. The van der Waals surface area contributed by atoms with Gasteiger partial charge in [-0.15, -0.1) is 0 Å². The number of ether oxygens (including phenoxy) is 1. The Balaban J connectivity index is 1.40. The van der Waals surface area contributed by atoms with E-state index in [0.717, 1.165) is 4.90 Å². The fraction of sp³-hybridized carbons (Fsp3) is 0.273. The second-order valence-corrected chi connectivity index (χ2v) is 6.98. The third-order valence-electron chi connectivity index (χ3n) is 4.90. The van der Waals surface area contributed by atoms with Crippen LogP contribution in [0.2, 0.25) is 0 Å². The molecule has 31 heavy (non-hydrogen) atoms. The van der Waals surface area contributed by atoms with E-state index in [2.05, 4.69) is 0 Å². The lowest BCUT2D eigenvalue weighted by molar-refractivity contribution is -0.385. The van der Waals surface area contributed by atoms with Gasteiger partial charge in [-0.3, -0.25) is 34.2 Å². The SMILES string of the molecule is O=C(CCCCCN1C(=O)c2cccc([N+](=O)[O-])c2C1=O)OCC(=O)c1ccccc1. The number of imide groups is 1. The van der Waals surface area contributed by atoms with Gasteiger partial charge >= 0.3 is 5.97 Å². The summed E-state index contributed by atoms with van der Waals surface area (Å²) in [6.45, 7) is -0.221. The van der Waals surface area contributed by atoms with Gasteiger partial charge in [0, 0.05) is 24.6 Å². The van der Waals surface area contributed by atoms with Crippen LogP contribution in [0.1, 0.15) is 56.8 Å². The molecular weight excluding hydrogens is 404 g/mol. The predicted molar refractivity (Wildman–Crippen MR) is 109 cm³/mol. The Morgan fingerprint density at radius 3 is 2.39 bits per heavy atom. The van der Waals surface area contributed by atoms with Crippen molar-refractivity contribution in [2.75, 3.05) is 13.2 Å². The molecule has 2 amide bonds. The van der Waals surface area contributed by atoms with E-state index >= 15 is 0 Å². The van der Waals surface area contributed by atoms with Crippen molar-refractivity contribution >= 4 is 29.3 Å². The van der Waals surface area contributed by atoms with E-state index < -0.39 is 22.7 Å². The zero-order valence-electron chi connectivity index (χ0n) is 16.6. The molecule has 160 valence electrons. The fourth-order valence-corrected chi connectivity index (χ4v) is 3.31. The van der Waals surface area contributed by atoms with E-state index in [1.807, 2.05) is 0 Å². The summed E-state index contributed by atoms with van der Waals surface area (Å²) in [5, 5.41) is 11.1. The van der Waals surface area contributed by atoms with Gasteiger partial charge in [0.05, 0.1) is 10.5 Å². The van der Waals surface area contributed by atoms with Gasteiger partial charge in [-0.25, -0.2) is 0 Å². The second-order valence-electron chi connectivity index (χ2n) is 6.98. The zero-order chi connectivity index (χ0) is 22.4. The van der Waals surface area contributed by atoms with Gasteiger partial charge in [0.15, 0.2) is 12.4 Å². The quantitative estimate of drug-likeness (QED) is 0.143. The molecule has 0 N–H and O–H groups in total. The number of carbonyl (C=O) groups is 4. The molecule has 1 aliphatic rings. The number of unbranched alkanes of at least 4 members (excludes halogenated alkanes) is 2. The Morgan fingerprint density at radius 2 is 1.68 bits per heavy atom. The smallest absolute Gasteiger partial charge is 0.306 e. The maximum atomic E-state index is 12.5. The monoisotopic (exact) mass is 424 g/mol. The third-order valence-corrected chi connectivity index (χ3v) is 4.90. The zero-order valence-corrected chi connectivity index (χ0v) is 16.6. The highest BCUT2D eigenvalue weighted by molar-refractivity contribution is 6.23. The lowest BCUT2D eigenvalue weighted by Crippen LogP contribution is -2.30. The minimum absolute atomic E-state index is 0.0332. The maximum absolute atomic E-state index is 12.5. The molecular formula is C22H20N2O7. The van der Waals surface area contributed by atoms with E-state index in [0.29, 0.717) is 24.8 Å². The molecule has 0 saturated carbocycles. The van der Waals surface area contributed by atoms with E-state index in [-0.39, 0.29) is 42.2 Å². The molecule has 0 bridgehead atoms. The summed E-state index contributed by atoms with van der Waals surface area (Å²) in [5.74, 6) is -2.01. The van der Waals surface area contributed by atoms with Crippen molar-refractivity contribution in [3.8, 4) is 0 Å². The number of esters is 1. The summed E-state index contributed by atoms with van der Waals surface area (Å²) in [5.41, 5.74) is -0.0577. The number of nitro benzene ring substituents is 1. The van der Waals surface area contributed by atoms with Crippen LogP contribution in [0.3, 0.4) is 0 Å². The Hall–Kier alpha value is -3.88. The molecule has 9 heteroatoms. The van der Waals surface area contributed by atoms with Gasteiger partial charge < -0.3 is 4.74 Å². The van der Waals surface area contributed by atoms with Crippen molar-refractivity contribution in [2.24, 2.45) is 0 Å². The number of hydrogen-bond acceptors (Lipinski definition) is 7. The number of fused-ring (bicyclic) bond motifs is 1. The average molecular weight is 424 g/mol. The molecule has 0 aromatic heterocycles. The number of benzene rings is 2. The summed E-state index contributed by atoms with van der Waals surface area (Å²) >= 11 is 0. The third kappa shape index (κ3) is 5.00. The van der Waals surface area contributed by atoms with Crippen molar-refractivity contribution in [2.45, 2.75) is 25.7 Å². The highest BCUT2D eigenvalue weighted by Gasteiger charge is 2.40. The lowest BCUT2D eigenvalue weighted by atomic mass is 10.1. The molecule has 0 unspecified atom stereocenters. The van der Waals surface area contributed by atoms with Crippen LogP contribution in [0.5, 0.6) is 0 Å². The first-order valence-electron chi connectivity index (χ1n) is 9.77. The first kappa shape index (κ1) is 21.8. The van der Waals surface area contributed by atoms with Crippen LogP contribution < -0.4 is 0 Å². The lowest BCUT2D eigenvalue weighted by Gasteiger charge is -2.13. The number of Topliss-reactive ketones (excluding diaryl/α,β-unsaturated/α-hetero) is 1. The van der Waals surface area contributed by atoms with Crippen LogP contribution in [0.4, 0.5) is 5.69 Å². The Bertz CT molecular complexity index is 1030. The molecule has 0 radical (unpaired) electrons. The van der Waals surface area contributed by atoms with Crippen LogP contribution in [0.15, 0.2) is 48.5 Å². The minimum Gasteiger partial charge on any atom is -0.457 e. The van der Waals surface area contributed by atoms with Gasteiger partial charge in [0.2, 0.25) is 0 Å². The number of carbonyl (C=O) groups excluding carboxylic acids is 4. The molecule has 0 atom stereocenters. The van der Waals surface area contributed by atoms with E-state index in [4.69, 9.17) is 4.74 Å². The van der Waals surface area contributed by atoms with Gasteiger partial charge in [-0.05, 0) is 18.9 Å². The molecule has 3 rings (SSSR count). The highest BCUT2D eigenvalue weighted by atomic mass is 16.6. The van der Waals surface area contributed by atoms with Crippen molar-refractivity contribution in [1.29, 1.82) is 0 Å². The summed E-state index contributed by atoms with van der Waals surface area (Å²) in [7, 11) is 0. The summed E-state index contributed by atoms with van der Waals surface area (Å²) in [6.07, 6.45) is 1.55. The topological polar surface area (TPSA) is 124 Å². The van der Waals surface area contributed by atoms with Crippen LogP contribution in [-0.4, -0.2) is 46.5 Å². The van der Waals surface area contributed by atoms with Crippen LogP contribution in [0, 0.1) is 10.1 Å². The molecule has 9 nitrogen and oxygen atoms in total. The van der Waals surface area contributed by atoms with E-state index in [1.54, 1.807) is 30.3 Å². The average Bonchev–Trinajstić information content (AvgIpc) is 3.02. The van der Waals surface area contributed by atoms with Crippen molar-refractivity contribution < 1.29 is 28.8 Å². The largest absolute Gasteiger partial charge is 0.457 e. The summed E-state index contributed by atoms with van der Waals surface area (Å²) in [6, 6.07) is 12.5. The van der Waals surface area contributed by atoms with Gasteiger partial charge in [0.1, 0.15) is 5.56 Å². The standard InChI is InChI=1S/C22H20N2O7/c25-18(15-8-3-1-4-9-15)14-31-19(26)12-5-2-6-13-23-21(27)16-10-7-11-17(24(29)30)20(16)22(23)28/h1,3-4,7-11H,2,5-6,12-14H2. The second kappa shape index (κ2) is 9.75. The normalized spacial score (nSPS) is 12.6. The van der Waals surface area contributed by atoms with E-state index in [9.17, 15) is 29.3 Å². The number of hydrogen-bond donors (Lipinski definition) is 0. The van der Waals surface area contributed by atoms with Gasteiger partial charge in [-0.2, -0.15) is 0 Å².